The van der Waals surface area contributed by atoms with Crippen LogP contribution in [0.25, 0.3) is 0 Å². The molecule has 0 fully saturated rings. The molecule has 0 saturated heterocycles. The Morgan fingerprint density at radius 2 is 2.35 bits per heavy atom. The Bertz CT molecular complexity index is 631. The summed E-state index contributed by atoms with van der Waals surface area (Å²) in [4.78, 5) is 22.1. The molecular formula is C11H10N4O3S2. The minimum absolute atomic E-state index is 0.0143. The predicted molar refractivity (Wildman–Crippen MR) is 77.1 cm³/mol. The van der Waals surface area contributed by atoms with Crippen molar-refractivity contribution in [3.8, 4) is 0 Å². The molecule has 0 bridgehead atoms. The zero-order valence-corrected chi connectivity index (χ0v) is 12.0. The van der Waals surface area contributed by atoms with Crippen LogP contribution in [0.4, 0.5) is 11.4 Å². The Hall–Kier alpha value is -2.00. The zero-order chi connectivity index (χ0) is 14.5. The maximum atomic E-state index is 11.7. The summed E-state index contributed by atoms with van der Waals surface area (Å²) >= 11 is 2.62. The summed E-state index contributed by atoms with van der Waals surface area (Å²) in [5.74, 6) is -0.0694. The van der Waals surface area contributed by atoms with E-state index in [-0.39, 0.29) is 17.3 Å². The van der Waals surface area contributed by atoms with Crippen molar-refractivity contribution < 1.29 is 9.72 Å². The van der Waals surface area contributed by atoms with Crippen LogP contribution in [0.1, 0.15) is 5.56 Å². The second-order valence-corrected chi connectivity index (χ2v) is 5.86. The first kappa shape index (κ1) is 14.4. The molecule has 0 spiro atoms. The SMILES string of the molecule is Cc1ccc(NC(=O)CSc2nncs2)cc1[N+](=O)[O-]. The van der Waals surface area contributed by atoms with E-state index in [1.807, 2.05) is 0 Å². The molecule has 1 heterocycles. The predicted octanol–water partition coefficient (Wildman–Crippen LogP) is 2.49. The summed E-state index contributed by atoms with van der Waals surface area (Å²) in [7, 11) is 0. The highest BCUT2D eigenvalue weighted by Gasteiger charge is 2.12. The highest BCUT2D eigenvalue weighted by atomic mass is 32.2. The van der Waals surface area contributed by atoms with Crippen molar-refractivity contribution in [3.05, 3.63) is 39.4 Å². The molecule has 0 atom stereocenters. The molecule has 0 aliphatic heterocycles. The van der Waals surface area contributed by atoms with Gasteiger partial charge in [-0.25, -0.2) is 0 Å². The maximum Gasteiger partial charge on any atom is 0.274 e. The first-order valence-corrected chi connectivity index (χ1v) is 7.36. The third-order valence-corrected chi connectivity index (χ3v) is 4.22. The second kappa shape index (κ2) is 6.44. The smallest absolute Gasteiger partial charge is 0.274 e. The number of nitrogens with one attached hydrogen (secondary N) is 1. The van der Waals surface area contributed by atoms with Gasteiger partial charge >= 0.3 is 0 Å². The molecular weight excluding hydrogens is 300 g/mol. The average Bonchev–Trinajstić information content (AvgIpc) is 2.91. The highest BCUT2D eigenvalue weighted by Crippen LogP contribution is 2.23. The number of nitro benzene ring substituents is 1. The highest BCUT2D eigenvalue weighted by molar-refractivity contribution is 8.01. The molecule has 1 amide bonds. The van der Waals surface area contributed by atoms with Gasteiger partial charge in [-0.1, -0.05) is 29.2 Å². The van der Waals surface area contributed by atoms with Gasteiger partial charge in [0.05, 0.1) is 10.7 Å². The van der Waals surface area contributed by atoms with E-state index >= 15 is 0 Å². The Kier molecular flexibility index (Phi) is 4.64. The zero-order valence-electron chi connectivity index (χ0n) is 10.4. The van der Waals surface area contributed by atoms with Gasteiger partial charge in [-0.05, 0) is 13.0 Å². The van der Waals surface area contributed by atoms with E-state index in [1.54, 1.807) is 24.6 Å². The maximum absolute atomic E-state index is 11.7. The lowest BCUT2D eigenvalue weighted by molar-refractivity contribution is -0.385. The van der Waals surface area contributed by atoms with Gasteiger partial charge in [0, 0.05) is 17.3 Å². The average molecular weight is 310 g/mol. The first-order chi connectivity index (χ1) is 9.56. The number of thioether (sulfide) groups is 1. The Morgan fingerprint density at radius 1 is 1.55 bits per heavy atom. The summed E-state index contributed by atoms with van der Waals surface area (Å²) < 4.78 is 0.704. The molecule has 1 aromatic heterocycles. The third kappa shape index (κ3) is 3.75. The number of nitro groups is 1. The van der Waals surface area contributed by atoms with Crippen molar-refractivity contribution >= 4 is 40.4 Å². The van der Waals surface area contributed by atoms with E-state index in [4.69, 9.17) is 0 Å². The van der Waals surface area contributed by atoms with Crippen LogP contribution < -0.4 is 5.32 Å². The molecule has 0 aliphatic rings. The van der Waals surface area contributed by atoms with Gasteiger partial charge in [0.25, 0.3) is 5.69 Å². The number of nitrogens with zero attached hydrogens (tertiary/aromatic N) is 3. The van der Waals surface area contributed by atoms with Crippen molar-refractivity contribution in [1.29, 1.82) is 0 Å². The summed E-state index contributed by atoms with van der Waals surface area (Å²) in [5.41, 5.74) is 2.53. The first-order valence-electron chi connectivity index (χ1n) is 5.50. The Labute approximate surface area is 122 Å². The summed E-state index contributed by atoms with van der Waals surface area (Å²) in [6, 6.07) is 4.59. The lowest BCUT2D eigenvalue weighted by Gasteiger charge is -2.05. The van der Waals surface area contributed by atoms with Crippen molar-refractivity contribution in [3.63, 3.8) is 0 Å². The minimum atomic E-state index is -0.471. The molecule has 2 aromatic rings. The quantitative estimate of drug-likeness (QED) is 0.517. The second-order valence-electron chi connectivity index (χ2n) is 3.80. The van der Waals surface area contributed by atoms with Crippen LogP contribution in [0.5, 0.6) is 0 Å². The van der Waals surface area contributed by atoms with Gasteiger partial charge in [-0.15, -0.1) is 10.2 Å². The fourth-order valence-electron chi connectivity index (χ4n) is 1.43. The van der Waals surface area contributed by atoms with E-state index in [0.717, 1.165) is 0 Å². The number of aryl methyl sites for hydroxylation is 1. The molecule has 7 nitrogen and oxygen atoms in total. The van der Waals surface area contributed by atoms with Gasteiger partial charge in [-0.2, -0.15) is 0 Å². The van der Waals surface area contributed by atoms with E-state index in [0.29, 0.717) is 15.6 Å². The summed E-state index contributed by atoms with van der Waals surface area (Å²) in [6.07, 6.45) is 0. The van der Waals surface area contributed by atoms with Crippen LogP contribution in [0, 0.1) is 17.0 Å². The van der Waals surface area contributed by atoms with Crippen LogP contribution >= 0.6 is 23.1 Å². The van der Waals surface area contributed by atoms with Crippen molar-refractivity contribution in [2.45, 2.75) is 11.3 Å². The number of anilines is 1. The van der Waals surface area contributed by atoms with E-state index in [1.165, 1.54) is 29.2 Å². The van der Waals surface area contributed by atoms with Crippen molar-refractivity contribution in [2.24, 2.45) is 0 Å². The van der Waals surface area contributed by atoms with Gasteiger partial charge in [0.2, 0.25) is 5.91 Å². The van der Waals surface area contributed by atoms with Crippen molar-refractivity contribution in [2.75, 3.05) is 11.1 Å². The molecule has 0 unspecified atom stereocenters. The third-order valence-electron chi connectivity index (χ3n) is 2.36. The van der Waals surface area contributed by atoms with Crippen LogP contribution in [0.3, 0.4) is 0 Å². The lowest BCUT2D eigenvalue weighted by atomic mass is 10.2. The molecule has 1 N–H and O–H groups in total. The Balaban J connectivity index is 1.97. The van der Waals surface area contributed by atoms with Crippen LogP contribution in [-0.4, -0.2) is 26.8 Å². The molecule has 0 aliphatic carbocycles. The fraction of sp³-hybridized carbons (Fsp3) is 0.182. The monoisotopic (exact) mass is 310 g/mol. The standard InChI is InChI=1S/C11H10N4O3S2/c1-7-2-3-8(4-9(7)15(17)18)13-10(16)5-19-11-14-12-6-20-11/h2-4,6H,5H2,1H3,(H,13,16). The molecule has 1 aromatic carbocycles. The molecule has 0 radical (unpaired) electrons. The summed E-state index contributed by atoms with van der Waals surface area (Å²) in [5, 5.41) is 20.9. The lowest BCUT2D eigenvalue weighted by Crippen LogP contribution is -2.14. The number of benzene rings is 1. The normalized spacial score (nSPS) is 10.2. The molecule has 104 valence electrons. The van der Waals surface area contributed by atoms with Gasteiger partial charge in [0.1, 0.15) is 5.51 Å². The fourth-order valence-corrected chi connectivity index (χ4v) is 2.72. The largest absolute Gasteiger partial charge is 0.325 e. The number of hydrogen-bond acceptors (Lipinski definition) is 7. The number of amides is 1. The minimum Gasteiger partial charge on any atom is -0.325 e. The molecule has 2 rings (SSSR count). The topological polar surface area (TPSA) is 98.0 Å². The van der Waals surface area contributed by atoms with E-state index in [9.17, 15) is 14.9 Å². The number of carbonyl (C=O) groups excluding carboxylic acids is 1. The van der Waals surface area contributed by atoms with E-state index < -0.39 is 4.92 Å². The number of aromatic nitrogens is 2. The van der Waals surface area contributed by atoms with Gasteiger partial charge in [-0.3, -0.25) is 14.9 Å². The van der Waals surface area contributed by atoms with Crippen LogP contribution in [-0.2, 0) is 4.79 Å². The molecule has 9 heteroatoms. The Morgan fingerprint density at radius 3 is 3.00 bits per heavy atom. The number of rotatable bonds is 5. The van der Waals surface area contributed by atoms with Crippen LogP contribution in [0.15, 0.2) is 28.0 Å². The van der Waals surface area contributed by atoms with Gasteiger partial charge < -0.3 is 5.32 Å². The molecule has 20 heavy (non-hydrogen) atoms. The van der Waals surface area contributed by atoms with E-state index in [2.05, 4.69) is 15.5 Å². The number of carbonyl (C=O) groups is 1. The van der Waals surface area contributed by atoms with Crippen molar-refractivity contribution in [1.82, 2.24) is 10.2 Å². The van der Waals surface area contributed by atoms with Crippen LogP contribution in [0.2, 0.25) is 0 Å². The summed E-state index contributed by atoms with van der Waals surface area (Å²) in [6.45, 7) is 1.65. The molecule has 0 saturated carbocycles. The van der Waals surface area contributed by atoms with Gasteiger partial charge in [0.15, 0.2) is 4.34 Å². The number of hydrogen-bond donors (Lipinski definition) is 1.